The van der Waals surface area contributed by atoms with Crippen molar-refractivity contribution >= 4 is 52.1 Å². The molecule has 1 saturated heterocycles. The van der Waals surface area contributed by atoms with Gasteiger partial charge < -0.3 is 5.11 Å². The highest BCUT2D eigenvalue weighted by molar-refractivity contribution is 8.26. The Morgan fingerprint density at radius 2 is 1.79 bits per heavy atom. The number of para-hydroxylation sites is 1. The Balaban J connectivity index is 1.47. The normalized spacial score (nSPS) is 15.1. The molecule has 0 saturated carbocycles. The van der Waals surface area contributed by atoms with Crippen molar-refractivity contribution in [1.29, 1.82) is 0 Å². The molecule has 3 N–H and O–H groups in total. The van der Waals surface area contributed by atoms with Crippen LogP contribution in [0.2, 0.25) is 0 Å². The molecule has 2 aromatic rings. The number of thioether (sulfide) groups is 1. The number of amides is 3. The zero-order valence-corrected chi connectivity index (χ0v) is 19.5. The van der Waals surface area contributed by atoms with Gasteiger partial charge >= 0.3 is 0 Å². The van der Waals surface area contributed by atoms with Crippen LogP contribution in [0.15, 0.2) is 71.2 Å². The van der Waals surface area contributed by atoms with Crippen LogP contribution >= 0.6 is 24.0 Å². The minimum atomic E-state index is -0.623. The number of allylic oxidation sites excluding steroid dienone is 2. The Bertz CT molecular complexity index is 1130. The van der Waals surface area contributed by atoms with E-state index in [9.17, 15) is 19.5 Å². The van der Waals surface area contributed by atoms with Gasteiger partial charge in [-0.3, -0.25) is 30.1 Å². The van der Waals surface area contributed by atoms with Crippen molar-refractivity contribution in [3.05, 3.63) is 82.3 Å². The van der Waals surface area contributed by atoms with Gasteiger partial charge in [0.25, 0.3) is 11.8 Å². The SMILES string of the molecule is CC(=Cc1ccccc1)C=C1SC(=S)N(CCCC(=O)NNC(=O)c2ccccc2O)C1=O. The van der Waals surface area contributed by atoms with Gasteiger partial charge in [0, 0.05) is 13.0 Å². The fourth-order valence-electron chi connectivity index (χ4n) is 3.07. The third-order valence-corrected chi connectivity index (χ3v) is 6.05. The van der Waals surface area contributed by atoms with E-state index in [1.54, 1.807) is 12.1 Å². The predicted molar refractivity (Wildman–Crippen MR) is 133 cm³/mol. The molecule has 3 amide bonds. The van der Waals surface area contributed by atoms with E-state index in [1.807, 2.05) is 49.4 Å². The molecule has 0 atom stereocenters. The first kappa shape index (κ1) is 24.2. The summed E-state index contributed by atoms with van der Waals surface area (Å²) in [4.78, 5) is 38.8. The number of rotatable bonds is 7. The number of hydrogen-bond donors (Lipinski definition) is 3. The number of carbonyl (C=O) groups excluding carboxylic acids is 3. The molecule has 0 aliphatic carbocycles. The van der Waals surface area contributed by atoms with Crippen molar-refractivity contribution in [2.75, 3.05) is 6.54 Å². The first-order valence-corrected chi connectivity index (χ1v) is 11.4. The van der Waals surface area contributed by atoms with Gasteiger partial charge in [-0.05, 0) is 42.7 Å². The van der Waals surface area contributed by atoms with Crippen LogP contribution in [0.4, 0.5) is 0 Å². The summed E-state index contributed by atoms with van der Waals surface area (Å²) < 4.78 is 0.451. The average Bonchev–Trinajstić information content (AvgIpc) is 3.05. The fourth-order valence-corrected chi connectivity index (χ4v) is 4.43. The number of benzene rings is 2. The van der Waals surface area contributed by atoms with E-state index in [-0.39, 0.29) is 23.6 Å². The molecule has 1 heterocycles. The molecule has 0 aromatic heterocycles. The van der Waals surface area contributed by atoms with Gasteiger partial charge in [-0.1, -0.05) is 72.5 Å². The highest BCUT2D eigenvalue weighted by Gasteiger charge is 2.31. The quantitative estimate of drug-likeness (QED) is 0.316. The molecule has 1 aliphatic rings. The molecule has 0 bridgehead atoms. The van der Waals surface area contributed by atoms with E-state index in [1.165, 1.54) is 28.8 Å². The highest BCUT2D eigenvalue weighted by atomic mass is 32.2. The maximum absolute atomic E-state index is 12.7. The van der Waals surface area contributed by atoms with Gasteiger partial charge in [-0.2, -0.15) is 0 Å². The Kier molecular flexibility index (Phi) is 8.39. The minimum absolute atomic E-state index is 0.0544. The van der Waals surface area contributed by atoms with Gasteiger partial charge in [-0.25, -0.2) is 0 Å². The Morgan fingerprint density at radius 3 is 2.52 bits per heavy atom. The molecule has 1 fully saturated rings. The number of phenols is 1. The van der Waals surface area contributed by atoms with Gasteiger partial charge in [-0.15, -0.1) is 0 Å². The number of hydrazine groups is 1. The van der Waals surface area contributed by atoms with Gasteiger partial charge in [0.1, 0.15) is 10.1 Å². The van der Waals surface area contributed by atoms with E-state index < -0.39 is 11.8 Å². The molecule has 3 rings (SSSR count). The zero-order chi connectivity index (χ0) is 23.8. The Labute approximate surface area is 201 Å². The van der Waals surface area contributed by atoms with E-state index in [0.29, 0.717) is 22.2 Å². The summed E-state index contributed by atoms with van der Waals surface area (Å²) in [6.45, 7) is 2.22. The lowest BCUT2D eigenvalue weighted by atomic mass is 10.1. The monoisotopic (exact) mass is 481 g/mol. The number of hydrogen-bond acceptors (Lipinski definition) is 6. The number of nitrogens with zero attached hydrogens (tertiary/aromatic N) is 1. The van der Waals surface area contributed by atoms with E-state index in [0.717, 1.165) is 11.1 Å². The van der Waals surface area contributed by atoms with E-state index in [2.05, 4.69) is 10.9 Å². The van der Waals surface area contributed by atoms with Crippen molar-refractivity contribution in [2.45, 2.75) is 19.8 Å². The van der Waals surface area contributed by atoms with Crippen molar-refractivity contribution < 1.29 is 19.5 Å². The first-order valence-electron chi connectivity index (χ1n) is 10.2. The minimum Gasteiger partial charge on any atom is -0.507 e. The van der Waals surface area contributed by atoms with Crippen LogP contribution in [-0.4, -0.2) is 38.6 Å². The number of thiocarbonyl (C=S) groups is 1. The lowest BCUT2D eigenvalue weighted by Gasteiger charge is -2.14. The number of aromatic hydroxyl groups is 1. The van der Waals surface area contributed by atoms with Gasteiger partial charge in [0.2, 0.25) is 5.91 Å². The number of nitrogens with one attached hydrogen (secondary N) is 2. The molecular weight excluding hydrogens is 458 g/mol. The second-order valence-corrected chi connectivity index (χ2v) is 8.93. The lowest BCUT2D eigenvalue weighted by Crippen LogP contribution is -2.42. The van der Waals surface area contributed by atoms with Crippen LogP contribution in [-0.2, 0) is 9.59 Å². The van der Waals surface area contributed by atoms with Crippen LogP contribution in [0.25, 0.3) is 6.08 Å². The summed E-state index contributed by atoms with van der Waals surface area (Å²) in [5.74, 6) is -1.40. The Hall–Kier alpha value is -3.43. The molecule has 0 unspecified atom stereocenters. The number of carbonyl (C=O) groups is 3. The smallest absolute Gasteiger partial charge is 0.273 e. The van der Waals surface area contributed by atoms with Crippen molar-refractivity contribution in [3.8, 4) is 5.75 Å². The van der Waals surface area contributed by atoms with Crippen LogP contribution in [0.5, 0.6) is 5.75 Å². The molecule has 0 spiro atoms. The average molecular weight is 482 g/mol. The van der Waals surface area contributed by atoms with E-state index >= 15 is 0 Å². The molecule has 7 nitrogen and oxygen atoms in total. The van der Waals surface area contributed by atoms with Crippen molar-refractivity contribution in [1.82, 2.24) is 15.8 Å². The molecule has 170 valence electrons. The second kappa shape index (κ2) is 11.4. The van der Waals surface area contributed by atoms with Crippen LogP contribution in [0, 0.1) is 0 Å². The molecular formula is C24H23N3O4S2. The van der Waals surface area contributed by atoms with Crippen molar-refractivity contribution in [3.63, 3.8) is 0 Å². The summed E-state index contributed by atoms with van der Waals surface area (Å²) in [7, 11) is 0. The summed E-state index contributed by atoms with van der Waals surface area (Å²) >= 11 is 6.57. The summed E-state index contributed by atoms with van der Waals surface area (Å²) in [6.07, 6.45) is 4.26. The third-order valence-electron chi connectivity index (χ3n) is 4.68. The topological polar surface area (TPSA) is 98.7 Å². The summed E-state index contributed by atoms with van der Waals surface area (Å²) in [5.41, 5.74) is 6.59. The van der Waals surface area contributed by atoms with E-state index in [4.69, 9.17) is 12.2 Å². The zero-order valence-electron chi connectivity index (χ0n) is 17.9. The fraction of sp³-hybridized carbons (Fsp3) is 0.167. The Morgan fingerprint density at radius 1 is 1.09 bits per heavy atom. The maximum Gasteiger partial charge on any atom is 0.273 e. The third kappa shape index (κ3) is 6.77. The maximum atomic E-state index is 12.7. The molecule has 0 radical (unpaired) electrons. The molecule has 9 heteroatoms. The standard InChI is InChI=1S/C24H23N3O4S2/c1-16(14-17-8-3-2-4-9-17)15-20-23(31)27(24(32)33-20)13-7-12-21(29)25-26-22(30)18-10-5-6-11-19(18)28/h2-6,8-11,14-15,28H,7,12-13H2,1H3,(H,25,29)(H,26,30). The van der Waals surface area contributed by atoms with Crippen LogP contribution in [0.3, 0.4) is 0 Å². The second-order valence-electron chi connectivity index (χ2n) is 7.26. The number of phenolic OH excluding ortho intramolecular Hbond substituents is 1. The first-order chi connectivity index (χ1) is 15.8. The molecule has 2 aromatic carbocycles. The van der Waals surface area contributed by atoms with Crippen LogP contribution < -0.4 is 10.9 Å². The van der Waals surface area contributed by atoms with Gasteiger partial charge in [0.05, 0.1) is 10.5 Å². The van der Waals surface area contributed by atoms with Crippen molar-refractivity contribution in [2.24, 2.45) is 0 Å². The van der Waals surface area contributed by atoms with Gasteiger partial charge in [0.15, 0.2) is 0 Å². The summed E-state index contributed by atoms with van der Waals surface area (Å²) in [6, 6.07) is 15.8. The largest absolute Gasteiger partial charge is 0.507 e. The molecule has 1 aliphatic heterocycles. The van der Waals surface area contributed by atoms with Crippen LogP contribution in [0.1, 0.15) is 35.7 Å². The predicted octanol–water partition coefficient (Wildman–Crippen LogP) is 3.78. The lowest BCUT2D eigenvalue weighted by molar-refractivity contribution is -0.124. The summed E-state index contributed by atoms with van der Waals surface area (Å²) in [5, 5.41) is 9.68. The molecule has 33 heavy (non-hydrogen) atoms. The highest BCUT2D eigenvalue weighted by Crippen LogP contribution is 2.32.